The molecule has 0 amide bonds. The number of hydrogen-bond donors (Lipinski definition) is 3. The maximum atomic E-state index is 7.45. The Balaban J connectivity index is 1.56. The number of aromatic nitrogens is 4. The highest BCUT2D eigenvalue weighted by Gasteiger charge is 2.43. The highest BCUT2D eigenvalue weighted by Crippen LogP contribution is 2.53. The summed E-state index contributed by atoms with van der Waals surface area (Å²) in [6, 6.07) is 10.1. The molecule has 1 aliphatic carbocycles. The SMILES string of the molecule is CC(=N)/N=C(/C)Nc1cc([C@H]2C[C@@H]2c2nc3ccccc3[nH]2)nc(C)n1. The lowest BCUT2D eigenvalue weighted by Crippen LogP contribution is -2.11. The van der Waals surface area contributed by atoms with Crippen LogP contribution in [0.25, 0.3) is 11.0 Å². The van der Waals surface area contributed by atoms with E-state index in [4.69, 9.17) is 10.4 Å². The van der Waals surface area contributed by atoms with Crippen LogP contribution in [0.5, 0.6) is 0 Å². The minimum absolute atomic E-state index is 0.258. The molecule has 26 heavy (non-hydrogen) atoms. The highest BCUT2D eigenvalue weighted by molar-refractivity contribution is 6.00. The molecule has 3 aromatic rings. The molecule has 1 saturated carbocycles. The first-order chi connectivity index (χ1) is 12.5. The average Bonchev–Trinajstić information content (AvgIpc) is 3.25. The van der Waals surface area contributed by atoms with Crippen molar-refractivity contribution in [1.29, 1.82) is 5.41 Å². The zero-order valence-corrected chi connectivity index (χ0v) is 15.0. The molecule has 1 fully saturated rings. The molecule has 2 atom stereocenters. The average molecular weight is 347 g/mol. The van der Waals surface area contributed by atoms with E-state index in [2.05, 4.69) is 25.3 Å². The third-order valence-electron chi connectivity index (χ3n) is 4.43. The van der Waals surface area contributed by atoms with E-state index in [1.165, 1.54) is 0 Å². The van der Waals surface area contributed by atoms with Crippen molar-refractivity contribution in [2.75, 3.05) is 5.32 Å². The molecule has 2 aromatic heterocycles. The van der Waals surface area contributed by atoms with Gasteiger partial charge in [0.25, 0.3) is 0 Å². The molecule has 0 spiro atoms. The quantitative estimate of drug-likeness (QED) is 0.496. The number of imidazole rings is 1. The molecule has 3 N–H and O–H groups in total. The molecular weight excluding hydrogens is 326 g/mol. The summed E-state index contributed by atoms with van der Waals surface area (Å²) < 4.78 is 0. The van der Waals surface area contributed by atoms with Gasteiger partial charge in [0.05, 0.1) is 16.7 Å². The molecular formula is C19H21N7. The summed E-state index contributed by atoms with van der Waals surface area (Å²) in [5.41, 5.74) is 3.09. The number of nitrogens with zero attached hydrogens (tertiary/aromatic N) is 4. The van der Waals surface area contributed by atoms with Gasteiger partial charge < -0.3 is 10.3 Å². The number of benzene rings is 1. The van der Waals surface area contributed by atoms with Gasteiger partial charge >= 0.3 is 0 Å². The van der Waals surface area contributed by atoms with Gasteiger partial charge in [-0.1, -0.05) is 12.1 Å². The van der Waals surface area contributed by atoms with Crippen LogP contribution >= 0.6 is 0 Å². The Kier molecular flexibility index (Phi) is 3.99. The molecule has 0 aliphatic heterocycles. The number of nitrogens with one attached hydrogen (secondary N) is 3. The second-order valence-electron chi connectivity index (χ2n) is 6.72. The molecule has 132 valence electrons. The summed E-state index contributed by atoms with van der Waals surface area (Å²) in [6.07, 6.45) is 1.03. The molecule has 0 radical (unpaired) electrons. The number of aliphatic imine (C=N–C) groups is 1. The van der Waals surface area contributed by atoms with Gasteiger partial charge in [-0.2, -0.15) is 0 Å². The van der Waals surface area contributed by atoms with Crippen LogP contribution < -0.4 is 5.32 Å². The van der Waals surface area contributed by atoms with Crippen LogP contribution in [-0.4, -0.2) is 31.6 Å². The number of hydrogen-bond acceptors (Lipinski definition) is 4. The molecule has 1 aromatic carbocycles. The van der Waals surface area contributed by atoms with Crippen molar-refractivity contribution in [3.63, 3.8) is 0 Å². The predicted octanol–water partition coefficient (Wildman–Crippen LogP) is 3.76. The largest absolute Gasteiger partial charge is 0.342 e. The minimum atomic E-state index is 0.258. The highest BCUT2D eigenvalue weighted by atomic mass is 15.1. The monoisotopic (exact) mass is 347 g/mol. The van der Waals surface area contributed by atoms with Gasteiger partial charge in [-0.05, 0) is 39.3 Å². The van der Waals surface area contributed by atoms with Crippen molar-refractivity contribution < 1.29 is 0 Å². The van der Waals surface area contributed by atoms with Gasteiger partial charge in [-0.3, -0.25) is 5.41 Å². The third kappa shape index (κ3) is 3.33. The van der Waals surface area contributed by atoms with Crippen LogP contribution in [0.4, 0.5) is 5.82 Å². The number of aryl methyl sites for hydroxylation is 1. The second kappa shape index (κ2) is 6.33. The van der Waals surface area contributed by atoms with Crippen LogP contribution in [0, 0.1) is 12.3 Å². The molecule has 7 heteroatoms. The number of H-pyrrole nitrogens is 1. The zero-order valence-electron chi connectivity index (χ0n) is 15.0. The normalized spacial score (nSPS) is 19.6. The van der Waals surface area contributed by atoms with E-state index in [1.54, 1.807) is 6.92 Å². The lowest BCUT2D eigenvalue weighted by Gasteiger charge is -2.08. The van der Waals surface area contributed by atoms with Crippen molar-refractivity contribution in [1.82, 2.24) is 19.9 Å². The lowest BCUT2D eigenvalue weighted by molar-refractivity contribution is 0.886. The summed E-state index contributed by atoms with van der Waals surface area (Å²) in [7, 11) is 0. The van der Waals surface area contributed by atoms with E-state index >= 15 is 0 Å². The third-order valence-corrected chi connectivity index (χ3v) is 4.43. The Morgan fingerprint density at radius 3 is 2.77 bits per heavy atom. The molecule has 7 nitrogen and oxygen atoms in total. The fraction of sp³-hybridized carbons (Fsp3) is 0.316. The molecule has 4 rings (SSSR count). The zero-order chi connectivity index (χ0) is 18.3. The van der Waals surface area contributed by atoms with Crippen molar-refractivity contribution in [3.05, 3.63) is 47.7 Å². The molecule has 1 aliphatic rings. The summed E-state index contributed by atoms with van der Waals surface area (Å²) in [4.78, 5) is 21.3. The fourth-order valence-corrected chi connectivity index (χ4v) is 3.28. The molecule has 0 saturated heterocycles. The molecule has 0 bridgehead atoms. The number of amidine groups is 2. The van der Waals surface area contributed by atoms with E-state index in [0.29, 0.717) is 23.5 Å². The smallest absolute Gasteiger partial charge is 0.135 e. The van der Waals surface area contributed by atoms with Gasteiger partial charge in [-0.15, -0.1) is 0 Å². The van der Waals surface area contributed by atoms with Gasteiger partial charge in [0, 0.05) is 17.9 Å². The lowest BCUT2D eigenvalue weighted by atomic mass is 10.2. The summed E-state index contributed by atoms with van der Waals surface area (Å²) >= 11 is 0. The first-order valence-electron chi connectivity index (χ1n) is 8.67. The Bertz CT molecular complexity index is 985. The maximum absolute atomic E-state index is 7.45. The Labute approximate surface area is 151 Å². The Morgan fingerprint density at radius 2 is 2.00 bits per heavy atom. The number of fused-ring (bicyclic) bond motifs is 1. The van der Waals surface area contributed by atoms with Crippen LogP contribution in [-0.2, 0) is 0 Å². The first kappa shape index (κ1) is 16.4. The van der Waals surface area contributed by atoms with Crippen LogP contribution in [0.3, 0.4) is 0 Å². The van der Waals surface area contributed by atoms with Gasteiger partial charge in [0.1, 0.15) is 29.1 Å². The van der Waals surface area contributed by atoms with E-state index in [-0.39, 0.29) is 5.84 Å². The number of aromatic amines is 1. The fourth-order valence-electron chi connectivity index (χ4n) is 3.28. The molecule has 2 heterocycles. The van der Waals surface area contributed by atoms with Crippen molar-refractivity contribution in [2.45, 2.75) is 39.0 Å². The topological polar surface area (TPSA) is 103 Å². The number of rotatable bonds is 3. The van der Waals surface area contributed by atoms with E-state index in [9.17, 15) is 0 Å². The van der Waals surface area contributed by atoms with Crippen LogP contribution in [0.15, 0.2) is 35.3 Å². The van der Waals surface area contributed by atoms with Crippen LogP contribution in [0.2, 0.25) is 0 Å². The Morgan fingerprint density at radius 1 is 1.19 bits per heavy atom. The van der Waals surface area contributed by atoms with Crippen molar-refractivity contribution in [3.8, 4) is 0 Å². The van der Waals surface area contributed by atoms with Crippen molar-refractivity contribution >= 4 is 28.5 Å². The van der Waals surface area contributed by atoms with Gasteiger partial charge in [0.15, 0.2) is 0 Å². The summed E-state index contributed by atoms with van der Waals surface area (Å²) in [5.74, 6) is 4.08. The standard InChI is InChI=1S/C19H21N7/c1-10(20)21-11(2)23-18-9-17(22-12(3)24-18)13-8-14(13)19-25-15-6-4-5-7-16(15)26-19/h4-7,9,13-14H,8H2,1-3H3,(H,25,26)(H2,20,21,22,23,24)/t13-,14-/m0/s1. The van der Waals surface area contributed by atoms with Gasteiger partial charge in [-0.25, -0.2) is 19.9 Å². The van der Waals surface area contributed by atoms with E-state index < -0.39 is 0 Å². The summed E-state index contributed by atoms with van der Waals surface area (Å²) in [6.45, 7) is 5.36. The van der Waals surface area contributed by atoms with Crippen molar-refractivity contribution in [2.24, 2.45) is 4.99 Å². The minimum Gasteiger partial charge on any atom is -0.342 e. The summed E-state index contributed by atoms with van der Waals surface area (Å²) in [5, 5.41) is 10.6. The predicted molar refractivity (Wildman–Crippen MR) is 103 cm³/mol. The van der Waals surface area contributed by atoms with E-state index in [0.717, 1.165) is 34.8 Å². The van der Waals surface area contributed by atoms with Gasteiger partial charge in [0.2, 0.25) is 0 Å². The Hall–Kier alpha value is -3.09. The number of para-hydroxylation sites is 2. The van der Waals surface area contributed by atoms with Crippen LogP contribution in [0.1, 0.15) is 49.4 Å². The first-order valence-corrected chi connectivity index (χ1v) is 8.67. The van der Waals surface area contributed by atoms with E-state index in [1.807, 2.05) is 44.2 Å². The number of anilines is 1. The second-order valence-corrected chi connectivity index (χ2v) is 6.72. The maximum Gasteiger partial charge on any atom is 0.135 e. The molecule has 0 unspecified atom stereocenters.